The van der Waals surface area contributed by atoms with Gasteiger partial charge in [-0.2, -0.15) is 0 Å². The van der Waals surface area contributed by atoms with Gasteiger partial charge in [-0.1, -0.05) is 0 Å². The molecule has 1 aliphatic rings. The number of carbonyl (C=O) groups is 2. The number of nitrogens with zero attached hydrogens (tertiary/aromatic N) is 1. The van der Waals surface area contributed by atoms with Crippen molar-refractivity contribution in [2.75, 3.05) is 13.1 Å². The molecule has 0 bridgehead atoms. The Morgan fingerprint density at radius 2 is 2.21 bits per heavy atom. The summed E-state index contributed by atoms with van der Waals surface area (Å²) in [7, 11) is 0. The first kappa shape index (κ1) is 13.9. The van der Waals surface area contributed by atoms with Crippen molar-refractivity contribution in [1.29, 1.82) is 0 Å². The quantitative estimate of drug-likeness (QED) is 0.889. The van der Waals surface area contributed by atoms with Crippen molar-refractivity contribution in [2.24, 2.45) is 5.92 Å². The van der Waals surface area contributed by atoms with E-state index in [0.29, 0.717) is 13.1 Å². The zero-order valence-corrected chi connectivity index (χ0v) is 11.9. The lowest BCUT2D eigenvalue weighted by molar-refractivity contribution is -0.139. The first-order valence-corrected chi connectivity index (χ1v) is 7.11. The van der Waals surface area contributed by atoms with Crippen LogP contribution < -0.4 is 5.32 Å². The zero-order valence-electron chi connectivity index (χ0n) is 11.0. The van der Waals surface area contributed by atoms with Gasteiger partial charge >= 0.3 is 12.0 Å². The van der Waals surface area contributed by atoms with Gasteiger partial charge in [0.25, 0.3) is 0 Å². The van der Waals surface area contributed by atoms with Crippen LogP contribution in [-0.2, 0) is 4.79 Å². The number of aryl methyl sites for hydroxylation is 1. The summed E-state index contributed by atoms with van der Waals surface area (Å²) in [6.07, 6.45) is 0.142. The van der Waals surface area contributed by atoms with Gasteiger partial charge in [0.1, 0.15) is 0 Å². The number of carboxylic acids is 1. The Morgan fingerprint density at radius 3 is 2.74 bits per heavy atom. The van der Waals surface area contributed by atoms with E-state index in [1.165, 1.54) is 4.88 Å². The van der Waals surface area contributed by atoms with Crippen LogP contribution in [0.25, 0.3) is 0 Å². The Hall–Kier alpha value is -1.56. The number of urea groups is 1. The van der Waals surface area contributed by atoms with Gasteiger partial charge in [-0.25, -0.2) is 4.79 Å². The summed E-state index contributed by atoms with van der Waals surface area (Å²) >= 11 is 1.67. The van der Waals surface area contributed by atoms with Crippen LogP contribution in [0.1, 0.15) is 29.1 Å². The molecule has 0 spiro atoms. The van der Waals surface area contributed by atoms with Crippen LogP contribution in [-0.4, -0.2) is 35.1 Å². The normalized spacial score (nSPS) is 16.8. The standard InChI is InChI=1S/C13H18N2O3S/c1-8-3-4-11(19-8)9(2)14-13(18)15-6-10(7-15)5-12(16)17/h3-4,9-10H,5-7H2,1-2H3,(H,14,18)(H,16,17). The maximum absolute atomic E-state index is 11.9. The minimum absolute atomic E-state index is 0.00952. The van der Waals surface area contributed by atoms with E-state index in [0.717, 1.165) is 4.88 Å². The van der Waals surface area contributed by atoms with Crippen LogP contribution in [0.2, 0.25) is 0 Å². The molecule has 0 saturated carbocycles. The molecule has 104 valence electrons. The third kappa shape index (κ3) is 3.47. The van der Waals surface area contributed by atoms with Gasteiger partial charge in [0, 0.05) is 28.8 Å². The molecule has 1 saturated heterocycles. The zero-order chi connectivity index (χ0) is 14.0. The molecule has 2 rings (SSSR count). The predicted octanol–water partition coefficient (Wildman–Crippen LogP) is 2.23. The third-order valence-electron chi connectivity index (χ3n) is 3.24. The summed E-state index contributed by atoms with van der Waals surface area (Å²) in [5, 5.41) is 11.6. The highest BCUT2D eigenvalue weighted by Crippen LogP contribution is 2.24. The molecule has 0 radical (unpaired) electrons. The minimum atomic E-state index is -0.799. The highest BCUT2D eigenvalue weighted by atomic mass is 32.1. The second-order valence-electron chi connectivity index (χ2n) is 4.99. The molecule has 1 aliphatic heterocycles. The molecule has 19 heavy (non-hydrogen) atoms. The molecule has 0 aromatic carbocycles. The van der Waals surface area contributed by atoms with E-state index in [2.05, 4.69) is 5.32 Å². The second-order valence-corrected chi connectivity index (χ2v) is 6.31. The van der Waals surface area contributed by atoms with E-state index >= 15 is 0 Å². The number of likely N-dealkylation sites (tertiary alicyclic amines) is 1. The molecular weight excluding hydrogens is 264 g/mol. The molecule has 1 fully saturated rings. The van der Waals surface area contributed by atoms with Crippen molar-refractivity contribution in [3.8, 4) is 0 Å². The number of amides is 2. The van der Waals surface area contributed by atoms with Crippen LogP contribution in [0.5, 0.6) is 0 Å². The van der Waals surface area contributed by atoms with E-state index in [9.17, 15) is 9.59 Å². The van der Waals surface area contributed by atoms with E-state index in [4.69, 9.17) is 5.11 Å². The van der Waals surface area contributed by atoms with Crippen molar-refractivity contribution >= 4 is 23.3 Å². The number of thiophene rings is 1. The average Bonchev–Trinajstić information content (AvgIpc) is 2.69. The Balaban J connectivity index is 1.78. The molecule has 2 amide bonds. The van der Waals surface area contributed by atoms with Gasteiger partial charge in [0.05, 0.1) is 12.5 Å². The van der Waals surface area contributed by atoms with E-state index in [1.807, 2.05) is 26.0 Å². The highest BCUT2D eigenvalue weighted by molar-refractivity contribution is 7.12. The number of carbonyl (C=O) groups excluding carboxylic acids is 1. The van der Waals surface area contributed by atoms with Gasteiger partial charge in [-0.15, -0.1) is 11.3 Å². The smallest absolute Gasteiger partial charge is 0.317 e. The molecule has 2 N–H and O–H groups in total. The number of rotatable bonds is 4. The lowest BCUT2D eigenvalue weighted by Gasteiger charge is -2.39. The number of aliphatic carboxylic acids is 1. The van der Waals surface area contributed by atoms with Crippen molar-refractivity contribution in [3.05, 3.63) is 21.9 Å². The van der Waals surface area contributed by atoms with Crippen molar-refractivity contribution in [3.63, 3.8) is 0 Å². The molecule has 0 aliphatic carbocycles. The fourth-order valence-electron chi connectivity index (χ4n) is 2.15. The van der Waals surface area contributed by atoms with E-state index in [1.54, 1.807) is 16.2 Å². The van der Waals surface area contributed by atoms with E-state index in [-0.39, 0.29) is 24.4 Å². The SMILES string of the molecule is Cc1ccc(C(C)NC(=O)N2CC(CC(=O)O)C2)s1. The fourth-order valence-corrected chi connectivity index (χ4v) is 3.03. The fraction of sp³-hybridized carbons (Fsp3) is 0.538. The molecule has 1 aromatic rings. The molecule has 1 atom stereocenters. The average molecular weight is 282 g/mol. The van der Waals surface area contributed by atoms with Gasteiger partial charge in [-0.3, -0.25) is 4.79 Å². The van der Waals surface area contributed by atoms with Gasteiger partial charge < -0.3 is 15.3 Å². The van der Waals surface area contributed by atoms with Crippen LogP contribution in [0.15, 0.2) is 12.1 Å². The second kappa shape index (κ2) is 5.61. The summed E-state index contributed by atoms with van der Waals surface area (Å²) in [5.41, 5.74) is 0. The van der Waals surface area contributed by atoms with Crippen molar-refractivity contribution in [2.45, 2.75) is 26.3 Å². The Morgan fingerprint density at radius 1 is 1.53 bits per heavy atom. The summed E-state index contributed by atoms with van der Waals surface area (Å²) in [5.74, 6) is -0.699. The Kier molecular flexibility index (Phi) is 4.09. The highest BCUT2D eigenvalue weighted by Gasteiger charge is 2.32. The predicted molar refractivity (Wildman–Crippen MR) is 73.3 cm³/mol. The summed E-state index contributed by atoms with van der Waals surface area (Å²) in [4.78, 5) is 26.5. The molecule has 1 aromatic heterocycles. The van der Waals surface area contributed by atoms with Crippen LogP contribution in [0.3, 0.4) is 0 Å². The molecule has 6 heteroatoms. The first-order valence-electron chi connectivity index (χ1n) is 6.29. The summed E-state index contributed by atoms with van der Waals surface area (Å²) in [6, 6.07) is 3.94. The maximum atomic E-state index is 11.9. The third-order valence-corrected chi connectivity index (χ3v) is 4.42. The first-order chi connectivity index (χ1) is 8.95. The van der Waals surface area contributed by atoms with Crippen molar-refractivity contribution < 1.29 is 14.7 Å². The van der Waals surface area contributed by atoms with E-state index < -0.39 is 5.97 Å². The van der Waals surface area contributed by atoms with Crippen LogP contribution in [0, 0.1) is 12.8 Å². The minimum Gasteiger partial charge on any atom is -0.481 e. The van der Waals surface area contributed by atoms with Crippen LogP contribution in [0.4, 0.5) is 4.79 Å². The van der Waals surface area contributed by atoms with Crippen LogP contribution >= 0.6 is 11.3 Å². The summed E-state index contributed by atoms with van der Waals surface area (Å²) < 4.78 is 0. The molecule has 1 unspecified atom stereocenters. The van der Waals surface area contributed by atoms with Gasteiger partial charge in [0.15, 0.2) is 0 Å². The molecule has 2 heterocycles. The Bertz CT molecular complexity index is 480. The number of hydrogen-bond acceptors (Lipinski definition) is 3. The number of carboxylic acid groups (broad SMARTS) is 1. The lowest BCUT2D eigenvalue weighted by Crippen LogP contribution is -2.54. The summed E-state index contributed by atoms with van der Waals surface area (Å²) in [6.45, 7) is 5.06. The van der Waals surface area contributed by atoms with Gasteiger partial charge in [0.2, 0.25) is 0 Å². The monoisotopic (exact) mass is 282 g/mol. The molecular formula is C13H18N2O3S. The maximum Gasteiger partial charge on any atom is 0.317 e. The molecule has 5 nitrogen and oxygen atoms in total. The van der Waals surface area contributed by atoms with Gasteiger partial charge in [-0.05, 0) is 26.0 Å². The largest absolute Gasteiger partial charge is 0.481 e. The topological polar surface area (TPSA) is 69.6 Å². The number of nitrogens with one attached hydrogen (secondary N) is 1. The van der Waals surface area contributed by atoms with Crippen molar-refractivity contribution in [1.82, 2.24) is 10.2 Å². The Labute approximate surface area is 116 Å². The number of hydrogen-bond donors (Lipinski definition) is 2. The lowest BCUT2D eigenvalue weighted by atomic mass is 9.97.